The average Bonchev–Trinajstić information content (AvgIpc) is 2.86. The van der Waals surface area contributed by atoms with Gasteiger partial charge in [-0.3, -0.25) is 0 Å². The van der Waals surface area contributed by atoms with Crippen LogP contribution in [0.1, 0.15) is 5.89 Å². The number of hydrogen-bond acceptors (Lipinski definition) is 6. The zero-order valence-electron chi connectivity index (χ0n) is 9.94. The van der Waals surface area contributed by atoms with E-state index in [-0.39, 0.29) is 6.54 Å². The number of rotatable bonds is 4. The summed E-state index contributed by atoms with van der Waals surface area (Å²) in [6.07, 6.45) is 0. The van der Waals surface area contributed by atoms with Crippen LogP contribution in [-0.4, -0.2) is 24.4 Å². The van der Waals surface area contributed by atoms with E-state index in [1.54, 1.807) is 12.1 Å². The summed E-state index contributed by atoms with van der Waals surface area (Å²) >= 11 is 6.09. The topological polar surface area (TPSA) is 83.4 Å². The van der Waals surface area contributed by atoms with Crippen LogP contribution < -0.4 is 15.2 Å². The molecule has 1 aromatic carbocycles. The highest BCUT2D eigenvalue weighted by atomic mass is 35.5. The first kappa shape index (κ1) is 12.7. The van der Waals surface area contributed by atoms with Crippen molar-refractivity contribution in [2.75, 3.05) is 14.2 Å². The Bertz CT molecular complexity index is 556. The molecule has 96 valence electrons. The second kappa shape index (κ2) is 5.24. The zero-order chi connectivity index (χ0) is 13.1. The van der Waals surface area contributed by atoms with Crippen LogP contribution in [0.15, 0.2) is 16.7 Å². The Morgan fingerprint density at radius 3 is 2.67 bits per heavy atom. The first-order chi connectivity index (χ1) is 8.69. The first-order valence-corrected chi connectivity index (χ1v) is 5.52. The molecule has 0 fully saturated rings. The van der Waals surface area contributed by atoms with Gasteiger partial charge in [-0.15, -0.1) is 0 Å². The molecule has 6 nitrogen and oxygen atoms in total. The normalized spacial score (nSPS) is 10.4. The van der Waals surface area contributed by atoms with Crippen LogP contribution >= 0.6 is 11.6 Å². The van der Waals surface area contributed by atoms with Gasteiger partial charge in [0.25, 0.3) is 0 Å². The number of nitrogens with zero attached hydrogens (tertiary/aromatic N) is 2. The molecule has 0 atom stereocenters. The summed E-state index contributed by atoms with van der Waals surface area (Å²) in [6.45, 7) is 0.189. The molecule has 1 aromatic heterocycles. The van der Waals surface area contributed by atoms with Crippen molar-refractivity contribution < 1.29 is 14.0 Å². The molecule has 0 spiro atoms. The van der Waals surface area contributed by atoms with Crippen LogP contribution in [0.5, 0.6) is 11.5 Å². The molecule has 2 aromatic rings. The highest BCUT2D eigenvalue weighted by molar-refractivity contribution is 6.32. The lowest BCUT2D eigenvalue weighted by Gasteiger charge is -2.10. The van der Waals surface area contributed by atoms with E-state index < -0.39 is 0 Å². The molecule has 0 saturated carbocycles. The molecule has 0 unspecified atom stereocenters. The van der Waals surface area contributed by atoms with Gasteiger partial charge in [-0.2, -0.15) is 4.98 Å². The van der Waals surface area contributed by atoms with Gasteiger partial charge in [-0.25, -0.2) is 0 Å². The summed E-state index contributed by atoms with van der Waals surface area (Å²) in [6, 6.07) is 3.39. The molecule has 18 heavy (non-hydrogen) atoms. The smallest absolute Gasteiger partial charge is 0.240 e. The Kier molecular flexibility index (Phi) is 3.69. The minimum atomic E-state index is 0.189. The van der Waals surface area contributed by atoms with Gasteiger partial charge in [0.05, 0.1) is 25.8 Å². The minimum absolute atomic E-state index is 0.189. The zero-order valence-corrected chi connectivity index (χ0v) is 10.7. The number of methoxy groups -OCH3 is 2. The Labute approximate surface area is 109 Å². The second-order valence-corrected chi connectivity index (χ2v) is 3.82. The van der Waals surface area contributed by atoms with Crippen LogP contribution in [0.4, 0.5) is 0 Å². The molecule has 0 aliphatic carbocycles. The molecule has 0 aliphatic heterocycles. The Morgan fingerprint density at radius 2 is 2.11 bits per heavy atom. The highest BCUT2D eigenvalue weighted by Crippen LogP contribution is 2.38. The van der Waals surface area contributed by atoms with E-state index in [1.165, 1.54) is 14.2 Å². The Balaban J connectivity index is 2.48. The summed E-state index contributed by atoms with van der Waals surface area (Å²) < 4.78 is 15.3. The number of benzene rings is 1. The number of ether oxygens (including phenoxy) is 2. The molecule has 2 N–H and O–H groups in total. The summed E-state index contributed by atoms with van der Waals surface area (Å²) in [5.41, 5.74) is 6.07. The lowest BCUT2D eigenvalue weighted by molar-refractivity contribution is 0.355. The highest BCUT2D eigenvalue weighted by Gasteiger charge is 2.15. The van der Waals surface area contributed by atoms with Crippen LogP contribution in [-0.2, 0) is 6.54 Å². The minimum Gasteiger partial charge on any atom is -0.493 e. The van der Waals surface area contributed by atoms with E-state index in [0.29, 0.717) is 33.8 Å². The predicted molar refractivity (Wildman–Crippen MR) is 65.7 cm³/mol. The maximum atomic E-state index is 6.09. The van der Waals surface area contributed by atoms with Gasteiger partial charge in [-0.1, -0.05) is 16.8 Å². The lowest BCUT2D eigenvalue weighted by atomic mass is 10.2. The molecule has 7 heteroatoms. The fourth-order valence-corrected chi connectivity index (χ4v) is 1.79. The largest absolute Gasteiger partial charge is 0.493 e. The van der Waals surface area contributed by atoms with Gasteiger partial charge in [0.1, 0.15) is 0 Å². The molecular weight excluding hydrogens is 258 g/mol. The Morgan fingerprint density at radius 1 is 1.33 bits per heavy atom. The van der Waals surface area contributed by atoms with E-state index in [1.807, 2.05) is 0 Å². The summed E-state index contributed by atoms with van der Waals surface area (Å²) in [4.78, 5) is 4.11. The quantitative estimate of drug-likeness (QED) is 0.912. The van der Waals surface area contributed by atoms with Crippen molar-refractivity contribution in [1.82, 2.24) is 10.1 Å². The molecule has 0 amide bonds. The third-order valence-corrected chi connectivity index (χ3v) is 2.62. The van der Waals surface area contributed by atoms with Gasteiger partial charge in [0.15, 0.2) is 11.5 Å². The first-order valence-electron chi connectivity index (χ1n) is 5.14. The number of aromatic nitrogens is 2. The standard InChI is InChI=1S/C11H12ClN3O3/c1-16-8-4-6(3-7(12)10(8)17-2)11-14-9(5-13)18-15-11/h3-4H,5,13H2,1-2H3. The number of hydrogen-bond donors (Lipinski definition) is 1. The van der Waals surface area contributed by atoms with Gasteiger partial charge in [0.2, 0.25) is 11.7 Å². The van der Waals surface area contributed by atoms with Gasteiger partial charge >= 0.3 is 0 Å². The maximum absolute atomic E-state index is 6.09. The maximum Gasteiger partial charge on any atom is 0.240 e. The molecule has 1 heterocycles. The lowest BCUT2D eigenvalue weighted by Crippen LogP contribution is -1.96. The fourth-order valence-electron chi connectivity index (χ4n) is 1.50. The molecule has 0 saturated heterocycles. The van der Waals surface area contributed by atoms with Crippen molar-refractivity contribution in [1.29, 1.82) is 0 Å². The Hall–Kier alpha value is -1.79. The molecule has 0 radical (unpaired) electrons. The summed E-state index contributed by atoms with van der Waals surface area (Å²) in [7, 11) is 3.05. The van der Waals surface area contributed by atoms with Crippen LogP contribution in [0.2, 0.25) is 5.02 Å². The van der Waals surface area contributed by atoms with Crippen LogP contribution in [0, 0.1) is 0 Å². The van der Waals surface area contributed by atoms with Crippen molar-refractivity contribution in [3.63, 3.8) is 0 Å². The van der Waals surface area contributed by atoms with Gasteiger partial charge < -0.3 is 19.7 Å². The molecule has 2 rings (SSSR count). The van der Waals surface area contributed by atoms with Gasteiger partial charge in [-0.05, 0) is 12.1 Å². The predicted octanol–water partition coefficient (Wildman–Crippen LogP) is 1.87. The van der Waals surface area contributed by atoms with E-state index in [0.717, 1.165) is 0 Å². The monoisotopic (exact) mass is 269 g/mol. The van der Waals surface area contributed by atoms with Crippen molar-refractivity contribution in [2.45, 2.75) is 6.54 Å². The third kappa shape index (κ3) is 2.25. The molecule has 0 bridgehead atoms. The molecule has 0 aliphatic rings. The van der Waals surface area contributed by atoms with E-state index in [4.69, 9.17) is 31.3 Å². The summed E-state index contributed by atoms with van der Waals surface area (Å²) in [5.74, 6) is 1.72. The van der Waals surface area contributed by atoms with E-state index in [9.17, 15) is 0 Å². The summed E-state index contributed by atoms with van der Waals surface area (Å²) in [5, 5.41) is 4.22. The molecular formula is C11H12ClN3O3. The van der Waals surface area contributed by atoms with Crippen molar-refractivity contribution in [3.05, 3.63) is 23.0 Å². The average molecular weight is 270 g/mol. The number of nitrogens with two attached hydrogens (primary N) is 1. The SMILES string of the molecule is COc1cc(-c2noc(CN)n2)cc(Cl)c1OC. The van der Waals surface area contributed by atoms with E-state index in [2.05, 4.69) is 10.1 Å². The van der Waals surface area contributed by atoms with Crippen LogP contribution in [0.3, 0.4) is 0 Å². The van der Waals surface area contributed by atoms with E-state index >= 15 is 0 Å². The van der Waals surface area contributed by atoms with Gasteiger partial charge in [0, 0.05) is 5.56 Å². The van der Waals surface area contributed by atoms with Crippen molar-refractivity contribution in [3.8, 4) is 22.9 Å². The second-order valence-electron chi connectivity index (χ2n) is 3.41. The van der Waals surface area contributed by atoms with Crippen LogP contribution in [0.25, 0.3) is 11.4 Å². The number of halogens is 1. The van der Waals surface area contributed by atoms with Crippen molar-refractivity contribution >= 4 is 11.6 Å². The van der Waals surface area contributed by atoms with Crippen molar-refractivity contribution in [2.24, 2.45) is 5.73 Å². The fraction of sp³-hybridized carbons (Fsp3) is 0.273. The third-order valence-electron chi connectivity index (χ3n) is 2.33.